The lowest BCUT2D eigenvalue weighted by Crippen LogP contribution is -2.33. The van der Waals surface area contributed by atoms with Gasteiger partial charge in [-0.1, -0.05) is 0 Å². The Morgan fingerprint density at radius 3 is 2.08 bits per heavy atom. The molecular formula is C15H12F3IN2O3S. The first-order valence-electron chi connectivity index (χ1n) is 6.80. The molecule has 2 aromatic carbocycles. The summed E-state index contributed by atoms with van der Waals surface area (Å²) in [6.07, 6.45) is -4.52. The summed E-state index contributed by atoms with van der Waals surface area (Å²) in [5.41, 5.74) is 0.296. The Labute approximate surface area is 155 Å². The molecule has 0 heterocycles. The molecule has 0 aliphatic rings. The third kappa shape index (κ3) is 5.88. The number of halogens is 4. The summed E-state index contributed by atoms with van der Waals surface area (Å²) in [7, 11) is -3.87. The molecule has 0 spiro atoms. The number of hydrogen-bond acceptors (Lipinski definition) is 3. The molecule has 134 valence electrons. The summed E-state index contributed by atoms with van der Waals surface area (Å²) in [5.74, 6) is -0.938. The van der Waals surface area contributed by atoms with E-state index in [1.807, 2.05) is 0 Å². The molecule has 0 fully saturated rings. The highest BCUT2D eigenvalue weighted by Gasteiger charge is 2.28. The smallest absolute Gasteiger partial charge is 0.343 e. The molecule has 5 nitrogen and oxygen atoms in total. The van der Waals surface area contributed by atoms with E-state index in [-0.39, 0.29) is 10.5 Å². The number of carbonyl (C=O) groups excluding carboxylic acids is 1. The minimum atomic E-state index is -4.52. The highest BCUT2D eigenvalue weighted by molar-refractivity contribution is 14.1. The molecule has 25 heavy (non-hydrogen) atoms. The van der Waals surface area contributed by atoms with E-state index in [9.17, 15) is 26.4 Å². The Morgan fingerprint density at radius 1 is 1.00 bits per heavy atom. The van der Waals surface area contributed by atoms with Gasteiger partial charge in [0.25, 0.3) is 15.9 Å². The number of benzene rings is 2. The number of nitrogens with one attached hydrogen (secondary N) is 2. The van der Waals surface area contributed by atoms with Crippen LogP contribution in [0.4, 0.5) is 18.9 Å². The number of anilines is 1. The van der Waals surface area contributed by atoms with E-state index in [0.717, 1.165) is 27.8 Å². The van der Waals surface area contributed by atoms with Crippen LogP contribution in [0.25, 0.3) is 0 Å². The minimum Gasteiger partial charge on any atom is -0.343 e. The second-order valence-electron chi connectivity index (χ2n) is 4.93. The van der Waals surface area contributed by atoms with Crippen LogP contribution in [0.3, 0.4) is 0 Å². The van der Waals surface area contributed by atoms with Gasteiger partial charge in [0.15, 0.2) is 0 Å². The van der Waals surface area contributed by atoms with Crippen molar-refractivity contribution in [2.24, 2.45) is 0 Å². The number of sulfonamides is 1. The lowest BCUT2D eigenvalue weighted by molar-refractivity contribution is -0.123. The number of hydrogen-bond donors (Lipinski definition) is 2. The van der Waals surface area contributed by atoms with E-state index in [2.05, 4.69) is 27.3 Å². The van der Waals surface area contributed by atoms with Crippen molar-refractivity contribution in [3.8, 4) is 0 Å². The van der Waals surface area contributed by atoms with Crippen molar-refractivity contribution >= 4 is 44.2 Å². The maximum absolute atomic E-state index is 12.3. The molecule has 2 rings (SSSR count). The molecule has 0 aliphatic heterocycles. The summed E-state index contributed by atoms with van der Waals surface area (Å²) in [4.78, 5) is 11.5. The van der Waals surface area contributed by atoms with Crippen LogP contribution in [0.5, 0.6) is 0 Å². The van der Waals surface area contributed by atoms with E-state index in [1.54, 1.807) is 29.6 Å². The minimum absolute atomic E-state index is 0.0718. The summed E-state index contributed by atoms with van der Waals surface area (Å²) in [6.45, 7) is -1.46. The molecule has 2 aromatic rings. The Morgan fingerprint density at radius 2 is 1.56 bits per heavy atom. The number of amides is 1. The summed E-state index contributed by atoms with van der Waals surface area (Å²) in [5, 5.41) is 1.71. The molecule has 10 heteroatoms. The molecule has 0 unspecified atom stereocenters. The van der Waals surface area contributed by atoms with Crippen LogP contribution in [-0.4, -0.2) is 27.0 Å². The molecular weight excluding hydrogens is 472 g/mol. The largest absolute Gasteiger partial charge is 0.405 e. The fourth-order valence-electron chi connectivity index (χ4n) is 1.80. The summed E-state index contributed by atoms with van der Waals surface area (Å²) >= 11 is 2.08. The predicted molar refractivity (Wildman–Crippen MR) is 94.8 cm³/mol. The second-order valence-corrected chi connectivity index (χ2v) is 7.86. The van der Waals surface area contributed by atoms with Crippen molar-refractivity contribution in [2.75, 3.05) is 11.3 Å². The zero-order valence-electron chi connectivity index (χ0n) is 12.5. The van der Waals surface area contributed by atoms with Gasteiger partial charge in [-0.05, 0) is 71.1 Å². The van der Waals surface area contributed by atoms with Crippen LogP contribution in [0.2, 0.25) is 0 Å². The van der Waals surface area contributed by atoms with Gasteiger partial charge in [-0.2, -0.15) is 13.2 Å². The molecule has 0 saturated heterocycles. The van der Waals surface area contributed by atoms with Crippen LogP contribution < -0.4 is 10.0 Å². The first kappa shape index (κ1) is 19.5. The van der Waals surface area contributed by atoms with Crippen LogP contribution in [-0.2, 0) is 10.0 Å². The van der Waals surface area contributed by atoms with Gasteiger partial charge in [-0.25, -0.2) is 8.42 Å². The summed E-state index contributed by atoms with van der Waals surface area (Å²) in [6, 6.07) is 11.2. The zero-order chi connectivity index (χ0) is 18.7. The first-order chi connectivity index (χ1) is 11.6. The van der Waals surface area contributed by atoms with Gasteiger partial charge in [0, 0.05) is 14.8 Å². The quantitative estimate of drug-likeness (QED) is 0.640. The van der Waals surface area contributed by atoms with Crippen molar-refractivity contribution in [3.63, 3.8) is 0 Å². The van der Waals surface area contributed by atoms with Gasteiger partial charge >= 0.3 is 6.18 Å². The highest BCUT2D eigenvalue weighted by Crippen LogP contribution is 2.18. The monoisotopic (exact) mass is 484 g/mol. The summed E-state index contributed by atoms with van der Waals surface area (Å²) < 4.78 is 64.1. The average Bonchev–Trinajstić information content (AvgIpc) is 2.54. The fraction of sp³-hybridized carbons (Fsp3) is 0.133. The van der Waals surface area contributed by atoms with Gasteiger partial charge in [0.2, 0.25) is 0 Å². The normalized spacial score (nSPS) is 11.8. The predicted octanol–water partition coefficient (Wildman–Crippen LogP) is 3.38. The van der Waals surface area contributed by atoms with Gasteiger partial charge in [0.05, 0.1) is 4.90 Å². The Bertz CT molecular complexity index is 851. The fourth-order valence-corrected chi connectivity index (χ4v) is 3.22. The Balaban J connectivity index is 2.10. The van der Waals surface area contributed by atoms with Crippen molar-refractivity contribution in [2.45, 2.75) is 11.1 Å². The standard InChI is InChI=1S/C15H12F3IN2O3S/c16-15(17,18)9-20-14(22)10-1-7-13(8-2-10)25(23,24)21-12-5-3-11(19)4-6-12/h1-8,21H,9H2,(H,20,22). The third-order valence-corrected chi connectivity index (χ3v) is 5.09. The van der Waals surface area contributed by atoms with E-state index in [1.165, 1.54) is 0 Å². The average molecular weight is 484 g/mol. The van der Waals surface area contributed by atoms with Crippen molar-refractivity contribution in [1.29, 1.82) is 0 Å². The third-order valence-electron chi connectivity index (χ3n) is 2.97. The highest BCUT2D eigenvalue weighted by atomic mass is 127. The molecule has 0 atom stereocenters. The van der Waals surface area contributed by atoms with Gasteiger partial charge < -0.3 is 5.32 Å². The maximum Gasteiger partial charge on any atom is 0.405 e. The number of carbonyl (C=O) groups is 1. The molecule has 0 aromatic heterocycles. The molecule has 0 bridgehead atoms. The van der Waals surface area contributed by atoms with Crippen molar-refractivity contribution < 1.29 is 26.4 Å². The van der Waals surface area contributed by atoms with Crippen LogP contribution in [0, 0.1) is 3.57 Å². The van der Waals surface area contributed by atoms with Crippen molar-refractivity contribution in [1.82, 2.24) is 5.32 Å². The Hall–Kier alpha value is -1.82. The lowest BCUT2D eigenvalue weighted by Gasteiger charge is -2.10. The van der Waals surface area contributed by atoms with Crippen LogP contribution in [0.15, 0.2) is 53.4 Å². The van der Waals surface area contributed by atoms with E-state index >= 15 is 0 Å². The Kier molecular flexibility index (Phi) is 5.93. The lowest BCUT2D eigenvalue weighted by atomic mass is 10.2. The number of rotatable bonds is 5. The van der Waals surface area contributed by atoms with E-state index < -0.39 is 28.7 Å². The van der Waals surface area contributed by atoms with Crippen molar-refractivity contribution in [3.05, 3.63) is 57.7 Å². The number of alkyl halides is 3. The van der Waals surface area contributed by atoms with Gasteiger partial charge in [-0.3, -0.25) is 9.52 Å². The topological polar surface area (TPSA) is 75.3 Å². The van der Waals surface area contributed by atoms with E-state index in [4.69, 9.17) is 0 Å². The van der Waals surface area contributed by atoms with Crippen LogP contribution >= 0.6 is 22.6 Å². The van der Waals surface area contributed by atoms with Gasteiger partial charge in [-0.15, -0.1) is 0 Å². The van der Waals surface area contributed by atoms with E-state index in [0.29, 0.717) is 5.69 Å². The zero-order valence-corrected chi connectivity index (χ0v) is 15.4. The van der Waals surface area contributed by atoms with Crippen LogP contribution in [0.1, 0.15) is 10.4 Å². The van der Waals surface area contributed by atoms with Gasteiger partial charge in [0.1, 0.15) is 6.54 Å². The first-order valence-corrected chi connectivity index (χ1v) is 9.36. The second kappa shape index (κ2) is 7.60. The molecule has 0 saturated carbocycles. The molecule has 1 amide bonds. The molecule has 2 N–H and O–H groups in total. The SMILES string of the molecule is O=C(NCC(F)(F)F)c1ccc(S(=O)(=O)Nc2ccc(I)cc2)cc1. The molecule has 0 radical (unpaired) electrons. The molecule has 0 aliphatic carbocycles. The maximum atomic E-state index is 12.3.